The summed E-state index contributed by atoms with van der Waals surface area (Å²) in [7, 11) is 0. The molecule has 0 aliphatic carbocycles. The molecule has 0 saturated carbocycles. The van der Waals surface area contributed by atoms with Gasteiger partial charge in [-0.05, 0) is 33.7 Å². The average Bonchev–Trinajstić information content (AvgIpc) is 3.16. The molecule has 1 amide bonds. The van der Waals surface area contributed by atoms with Gasteiger partial charge in [-0.25, -0.2) is 4.68 Å². The Hall–Kier alpha value is -3.06. The van der Waals surface area contributed by atoms with Crippen LogP contribution in [0.1, 0.15) is 11.1 Å². The number of hydrogen-bond donors (Lipinski definition) is 2. The summed E-state index contributed by atoms with van der Waals surface area (Å²) in [4.78, 5) is 12.0. The molecule has 0 bridgehead atoms. The van der Waals surface area contributed by atoms with E-state index >= 15 is 0 Å². The minimum absolute atomic E-state index is 0.123. The van der Waals surface area contributed by atoms with Crippen LogP contribution in [0.5, 0.6) is 0 Å². The Balaban J connectivity index is 1.46. The van der Waals surface area contributed by atoms with E-state index in [0.29, 0.717) is 6.42 Å². The summed E-state index contributed by atoms with van der Waals surface area (Å²) in [5, 5.41) is 23.8. The van der Waals surface area contributed by atoms with Crippen molar-refractivity contribution in [3.63, 3.8) is 0 Å². The van der Waals surface area contributed by atoms with Gasteiger partial charge < -0.3 is 10.4 Å². The van der Waals surface area contributed by atoms with Crippen LogP contribution in [-0.4, -0.2) is 43.9 Å². The fourth-order valence-electron chi connectivity index (χ4n) is 2.48. The molecule has 3 aromatic rings. The maximum atomic E-state index is 12.0. The maximum absolute atomic E-state index is 12.0. The van der Waals surface area contributed by atoms with Crippen LogP contribution in [0, 0.1) is 0 Å². The lowest BCUT2D eigenvalue weighted by molar-refractivity contribution is -0.120. The van der Waals surface area contributed by atoms with E-state index in [0.717, 1.165) is 16.8 Å². The smallest absolute Gasteiger partial charge is 0.224 e. The van der Waals surface area contributed by atoms with Crippen molar-refractivity contribution in [2.75, 3.05) is 6.54 Å². The molecule has 7 heteroatoms. The van der Waals surface area contributed by atoms with Crippen LogP contribution in [0.4, 0.5) is 0 Å². The van der Waals surface area contributed by atoms with Crippen LogP contribution >= 0.6 is 0 Å². The first-order valence-corrected chi connectivity index (χ1v) is 8.02. The zero-order chi connectivity index (χ0) is 17.5. The quantitative estimate of drug-likeness (QED) is 0.669. The minimum atomic E-state index is -0.603. The number of tetrazole rings is 1. The zero-order valence-electron chi connectivity index (χ0n) is 13.6. The molecule has 25 heavy (non-hydrogen) atoms. The fraction of sp³-hybridized carbons (Fsp3) is 0.222. The third-order valence-corrected chi connectivity index (χ3v) is 3.76. The van der Waals surface area contributed by atoms with Gasteiger partial charge in [0.25, 0.3) is 0 Å². The van der Waals surface area contributed by atoms with Gasteiger partial charge in [0.2, 0.25) is 5.91 Å². The van der Waals surface area contributed by atoms with Crippen molar-refractivity contribution in [1.82, 2.24) is 25.5 Å². The van der Waals surface area contributed by atoms with Crippen LogP contribution in [0.25, 0.3) is 5.69 Å². The highest BCUT2D eigenvalue weighted by Gasteiger charge is 2.09. The molecule has 2 N–H and O–H groups in total. The van der Waals surface area contributed by atoms with Gasteiger partial charge in [0.1, 0.15) is 6.33 Å². The SMILES string of the molecule is O=C(Cc1ccc(-n2cnnn2)cc1)NCC(O)Cc1ccccc1. The number of aromatic nitrogens is 4. The first kappa shape index (κ1) is 16.8. The van der Waals surface area contributed by atoms with Crippen molar-refractivity contribution < 1.29 is 9.90 Å². The van der Waals surface area contributed by atoms with Gasteiger partial charge >= 0.3 is 0 Å². The van der Waals surface area contributed by atoms with E-state index in [1.807, 2.05) is 54.6 Å². The number of aliphatic hydroxyl groups is 1. The lowest BCUT2D eigenvalue weighted by Crippen LogP contribution is -2.34. The minimum Gasteiger partial charge on any atom is -0.391 e. The molecular formula is C18H19N5O2. The lowest BCUT2D eigenvalue weighted by atomic mass is 10.1. The molecule has 0 spiro atoms. The molecule has 1 atom stereocenters. The molecule has 3 rings (SSSR count). The predicted molar refractivity (Wildman–Crippen MR) is 92.0 cm³/mol. The molecule has 128 valence electrons. The van der Waals surface area contributed by atoms with Crippen LogP contribution in [0.15, 0.2) is 60.9 Å². The van der Waals surface area contributed by atoms with Gasteiger partial charge in [-0.15, -0.1) is 5.10 Å². The summed E-state index contributed by atoms with van der Waals surface area (Å²) in [6.45, 7) is 0.233. The molecule has 0 fully saturated rings. The first-order chi connectivity index (χ1) is 12.2. The van der Waals surface area contributed by atoms with Crippen molar-refractivity contribution >= 4 is 5.91 Å². The Bertz CT molecular complexity index is 788. The van der Waals surface area contributed by atoms with Crippen molar-refractivity contribution in [2.24, 2.45) is 0 Å². The highest BCUT2D eigenvalue weighted by molar-refractivity contribution is 5.78. The maximum Gasteiger partial charge on any atom is 0.224 e. The Morgan fingerprint density at radius 2 is 1.84 bits per heavy atom. The predicted octanol–water partition coefficient (Wildman–Crippen LogP) is 0.925. The number of carbonyl (C=O) groups excluding carboxylic acids is 1. The van der Waals surface area contributed by atoms with Gasteiger partial charge in [-0.2, -0.15) is 0 Å². The molecule has 1 aromatic heterocycles. The topological polar surface area (TPSA) is 92.9 Å². The number of aliphatic hydroxyl groups excluding tert-OH is 1. The highest BCUT2D eigenvalue weighted by Crippen LogP contribution is 2.08. The third kappa shape index (κ3) is 4.95. The Morgan fingerprint density at radius 1 is 1.08 bits per heavy atom. The van der Waals surface area contributed by atoms with E-state index in [9.17, 15) is 9.90 Å². The number of carbonyl (C=O) groups is 1. The van der Waals surface area contributed by atoms with Crippen LogP contribution in [-0.2, 0) is 17.6 Å². The molecule has 2 aromatic carbocycles. The largest absolute Gasteiger partial charge is 0.391 e. The summed E-state index contributed by atoms with van der Waals surface area (Å²) in [6.07, 6.45) is 1.68. The molecule has 7 nitrogen and oxygen atoms in total. The molecule has 0 aliphatic rings. The molecule has 0 saturated heterocycles. The van der Waals surface area contributed by atoms with Gasteiger partial charge in [0, 0.05) is 13.0 Å². The summed E-state index contributed by atoms with van der Waals surface area (Å²) in [6, 6.07) is 17.1. The standard InChI is InChI=1S/C18H19N5O2/c24-17(10-14-4-2-1-3-5-14)12-19-18(25)11-15-6-8-16(9-7-15)23-13-20-21-22-23/h1-9,13,17,24H,10-12H2,(H,19,25). The van der Waals surface area contributed by atoms with Crippen molar-refractivity contribution in [2.45, 2.75) is 18.9 Å². The average molecular weight is 337 g/mol. The van der Waals surface area contributed by atoms with Gasteiger partial charge in [-0.3, -0.25) is 4.79 Å². The second-order valence-electron chi connectivity index (χ2n) is 5.75. The van der Waals surface area contributed by atoms with Gasteiger partial charge in [-0.1, -0.05) is 42.5 Å². The van der Waals surface area contributed by atoms with E-state index in [2.05, 4.69) is 20.8 Å². The molecule has 1 unspecified atom stereocenters. The highest BCUT2D eigenvalue weighted by atomic mass is 16.3. The summed E-state index contributed by atoms with van der Waals surface area (Å²) in [5.41, 5.74) is 2.75. The number of hydrogen-bond acceptors (Lipinski definition) is 5. The van der Waals surface area contributed by atoms with E-state index in [1.54, 1.807) is 4.68 Å². The number of amides is 1. The Morgan fingerprint density at radius 3 is 2.52 bits per heavy atom. The number of nitrogens with one attached hydrogen (secondary N) is 1. The van der Waals surface area contributed by atoms with Gasteiger partial charge in [0.15, 0.2) is 0 Å². The normalized spacial score (nSPS) is 11.9. The second-order valence-corrected chi connectivity index (χ2v) is 5.75. The van der Waals surface area contributed by atoms with Crippen LogP contribution in [0.3, 0.4) is 0 Å². The van der Waals surface area contributed by atoms with Gasteiger partial charge in [0.05, 0.1) is 18.2 Å². The fourth-order valence-corrected chi connectivity index (χ4v) is 2.48. The lowest BCUT2D eigenvalue weighted by Gasteiger charge is -2.12. The third-order valence-electron chi connectivity index (χ3n) is 3.76. The summed E-state index contributed by atoms with van der Waals surface area (Å²) < 4.78 is 1.55. The van der Waals surface area contributed by atoms with Crippen molar-refractivity contribution in [3.8, 4) is 5.69 Å². The number of nitrogens with zero attached hydrogens (tertiary/aromatic N) is 4. The Labute approximate surface area is 145 Å². The first-order valence-electron chi connectivity index (χ1n) is 8.02. The number of rotatable bonds is 7. The summed E-state index contributed by atoms with van der Waals surface area (Å²) >= 11 is 0. The molecular weight excluding hydrogens is 318 g/mol. The van der Waals surface area contributed by atoms with E-state index in [1.165, 1.54) is 6.33 Å². The van der Waals surface area contributed by atoms with E-state index < -0.39 is 6.10 Å². The van der Waals surface area contributed by atoms with Crippen molar-refractivity contribution in [1.29, 1.82) is 0 Å². The monoisotopic (exact) mass is 337 g/mol. The summed E-state index contributed by atoms with van der Waals surface area (Å²) in [5.74, 6) is -0.123. The zero-order valence-corrected chi connectivity index (χ0v) is 13.6. The van der Waals surface area contributed by atoms with Crippen molar-refractivity contribution in [3.05, 3.63) is 72.1 Å². The van der Waals surface area contributed by atoms with E-state index in [4.69, 9.17) is 0 Å². The second kappa shape index (κ2) is 8.16. The Kier molecular flexibility index (Phi) is 5.48. The molecule has 0 aliphatic heterocycles. The van der Waals surface area contributed by atoms with Crippen LogP contribution in [0.2, 0.25) is 0 Å². The number of benzene rings is 2. The van der Waals surface area contributed by atoms with Crippen LogP contribution < -0.4 is 5.32 Å². The molecule has 1 heterocycles. The molecule has 0 radical (unpaired) electrons. The van der Waals surface area contributed by atoms with E-state index in [-0.39, 0.29) is 18.9 Å².